The third-order valence-corrected chi connectivity index (χ3v) is 5.37. The Bertz CT molecular complexity index is 663. The summed E-state index contributed by atoms with van der Waals surface area (Å²) in [5.41, 5.74) is 2.41. The highest BCUT2D eigenvalue weighted by Crippen LogP contribution is 2.13. The van der Waals surface area contributed by atoms with E-state index in [4.69, 9.17) is 16.6 Å². The number of benzene rings is 1. The van der Waals surface area contributed by atoms with Gasteiger partial charge in [-0.3, -0.25) is 0 Å². The first kappa shape index (κ1) is 18.9. The lowest BCUT2D eigenvalue weighted by atomic mass is 10.1. The van der Waals surface area contributed by atoms with Gasteiger partial charge in [0.2, 0.25) is 0 Å². The van der Waals surface area contributed by atoms with Crippen molar-refractivity contribution in [2.75, 3.05) is 25.0 Å². The van der Waals surface area contributed by atoms with E-state index < -0.39 is 0 Å². The van der Waals surface area contributed by atoms with Crippen LogP contribution in [0.25, 0.3) is 0 Å². The molecule has 140 valence electrons. The molecule has 0 spiro atoms. The number of likely N-dealkylation sites (tertiary alicyclic amines) is 1. The summed E-state index contributed by atoms with van der Waals surface area (Å²) < 4.78 is 5.68. The number of aryl methyl sites for hydroxylation is 1. The van der Waals surface area contributed by atoms with E-state index >= 15 is 0 Å². The van der Waals surface area contributed by atoms with E-state index in [0.29, 0.717) is 11.2 Å². The van der Waals surface area contributed by atoms with Gasteiger partial charge in [-0.05, 0) is 54.9 Å². The molecular weight excluding hydrogens is 342 g/mol. The summed E-state index contributed by atoms with van der Waals surface area (Å²) in [6.45, 7) is 5.40. The van der Waals surface area contributed by atoms with Crippen molar-refractivity contribution in [1.82, 2.24) is 5.32 Å². The number of nitrogens with one attached hydrogen (secondary N) is 3. The van der Waals surface area contributed by atoms with Gasteiger partial charge in [0.25, 0.3) is 0 Å². The van der Waals surface area contributed by atoms with Crippen molar-refractivity contribution >= 4 is 23.0 Å². The van der Waals surface area contributed by atoms with Gasteiger partial charge in [0.05, 0.1) is 25.9 Å². The fraction of sp³-hybridized carbons (Fsp3) is 0.476. The zero-order valence-electron chi connectivity index (χ0n) is 15.6. The predicted molar refractivity (Wildman–Crippen MR) is 111 cm³/mol. The molecular formula is C21H30N3OS+. The van der Waals surface area contributed by atoms with Gasteiger partial charge in [0.1, 0.15) is 0 Å². The van der Waals surface area contributed by atoms with Crippen molar-refractivity contribution in [1.29, 1.82) is 0 Å². The topological polar surface area (TPSA) is 41.6 Å². The van der Waals surface area contributed by atoms with Crippen LogP contribution in [0.3, 0.4) is 0 Å². The summed E-state index contributed by atoms with van der Waals surface area (Å²) in [7, 11) is 0. The van der Waals surface area contributed by atoms with E-state index in [9.17, 15) is 0 Å². The molecule has 3 rings (SSSR count). The van der Waals surface area contributed by atoms with Gasteiger partial charge in [-0.2, -0.15) is 0 Å². The van der Waals surface area contributed by atoms with Gasteiger partial charge in [-0.25, -0.2) is 0 Å². The Morgan fingerprint density at radius 2 is 1.96 bits per heavy atom. The Labute approximate surface area is 162 Å². The molecule has 5 heteroatoms. The summed E-state index contributed by atoms with van der Waals surface area (Å²) in [4.78, 5) is 1.58. The molecule has 2 heterocycles. The van der Waals surface area contributed by atoms with E-state index in [-0.39, 0.29) is 0 Å². The van der Waals surface area contributed by atoms with Crippen LogP contribution in [0.2, 0.25) is 0 Å². The highest BCUT2D eigenvalue weighted by Gasteiger charge is 2.29. The zero-order chi connectivity index (χ0) is 18.2. The lowest BCUT2D eigenvalue weighted by molar-refractivity contribution is -0.919. The van der Waals surface area contributed by atoms with E-state index in [1.54, 1.807) is 11.2 Å². The molecule has 0 aliphatic carbocycles. The van der Waals surface area contributed by atoms with Crippen molar-refractivity contribution in [3.8, 4) is 0 Å². The normalized spacial score (nSPS) is 15.7. The number of quaternary nitrogens is 1. The van der Waals surface area contributed by atoms with Crippen molar-refractivity contribution in [3.05, 3.63) is 54.0 Å². The smallest absolute Gasteiger partial charge is 0.171 e. The van der Waals surface area contributed by atoms with E-state index in [2.05, 4.69) is 47.9 Å². The van der Waals surface area contributed by atoms with Gasteiger partial charge < -0.3 is 20.0 Å². The molecule has 1 atom stereocenters. The van der Waals surface area contributed by atoms with Gasteiger partial charge in [0, 0.05) is 18.5 Å². The quantitative estimate of drug-likeness (QED) is 0.622. The first-order valence-corrected chi connectivity index (χ1v) is 10.2. The Morgan fingerprint density at radius 1 is 1.19 bits per heavy atom. The fourth-order valence-corrected chi connectivity index (χ4v) is 3.82. The van der Waals surface area contributed by atoms with E-state index in [1.807, 2.05) is 6.07 Å². The summed E-state index contributed by atoms with van der Waals surface area (Å²) in [5, 5.41) is 7.35. The zero-order valence-corrected chi connectivity index (χ0v) is 16.4. The SMILES string of the molecule is CCCCc1ccc(NC(=S)NC[C@@H](c2ccco2)[NH+]2CCCC2)cc1. The summed E-state index contributed by atoms with van der Waals surface area (Å²) in [6, 6.07) is 12.9. The minimum absolute atomic E-state index is 0.309. The third kappa shape index (κ3) is 5.32. The maximum Gasteiger partial charge on any atom is 0.171 e. The Kier molecular flexibility index (Phi) is 7.09. The van der Waals surface area contributed by atoms with Crippen molar-refractivity contribution in [2.45, 2.75) is 45.1 Å². The van der Waals surface area contributed by atoms with Crippen LogP contribution in [-0.4, -0.2) is 24.7 Å². The minimum Gasteiger partial charge on any atom is -0.463 e. The first-order valence-electron chi connectivity index (χ1n) is 9.78. The molecule has 0 saturated carbocycles. The van der Waals surface area contributed by atoms with Crippen molar-refractivity contribution in [2.24, 2.45) is 0 Å². The molecule has 1 aliphatic heterocycles. The van der Waals surface area contributed by atoms with Crippen molar-refractivity contribution < 1.29 is 9.32 Å². The molecule has 3 N–H and O–H groups in total. The number of rotatable bonds is 8. The maximum absolute atomic E-state index is 5.68. The number of thiocarbonyl (C=S) groups is 1. The molecule has 1 fully saturated rings. The van der Waals surface area contributed by atoms with Gasteiger partial charge >= 0.3 is 0 Å². The lowest BCUT2D eigenvalue weighted by Gasteiger charge is -2.23. The molecule has 0 unspecified atom stereocenters. The highest BCUT2D eigenvalue weighted by molar-refractivity contribution is 7.80. The Hall–Kier alpha value is -1.85. The Balaban J connectivity index is 1.52. The van der Waals surface area contributed by atoms with Crippen LogP contribution in [0.15, 0.2) is 47.1 Å². The van der Waals surface area contributed by atoms with Crippen LogP contribution in [0.5, 0.6) is 0 Å². The first-order chi connectivity index (χ1) is 12.8. The monoisotopic (exact) mass is 372 g/mol. The van der Waals surface area contributed by atoms with Crippen LogP contribution < -0.4 is 15.5 Å². The number of unbranched alkanes of at least 4 members (excludes halogenated alkanes) is 1. The molecule has 0 amide bonds. The highest BCUT2D eigenvalue weighted by atomic mass is 32.1. The van der Waals surface area contributed by atoms with Gasteiger partial charge in [-0.1, -0.05) is 25.5 Å². The average Bonchev–Trinajstić information content (AvgIpc) is 3.36. The molecule has 1 aliphatic rings. The predicted octanol–water partition coefficient (Wildman–Crippen LogP) is 3.33. The Morgan fingerprint density at radius 3 is 2.62 bits per heavy atom. The van der Waals surface area contributed by atoms with Gasteiger partial charge in [-0.15, -0.1) is 0 Å². The number of furan rings is 1. The number of hydrogen-bond acceptors (Lipinski definition) is 2. The number of anilines is 1. The van der Waals surface area contributed by atoms with Crippen LogP contribution in [0.1, 0.15) is 50.0 Å². The maximum atomic E-state index is 5.68. The lowest BCUT2D eigenvalue weighted by Crippen LogP contribution is -3.11. The second kappa shape index (κ2) is 9.74. The molecule has 1 aromatic heterocycles. The standard InChI is InChI=1S/C21H29N3OS/c1-2-3-7-17-9-11-18(12-10-17)23-21(26)22-16-19(20-8-6-15-25-20)24-13-4-5-14-24/h6,8-12,15,19H,2-5,7,13-14,16H2,1H3,(H2,22,23,26)/p+1/t19-/m0/s1. The van der Waals surface area contributed by atoms with Gasteiger partial charge in [0.15, 0.2) is 16.9 Å². The molecule has 0 bridgehead atoms. The third-order valence-electron chi connectivity index (χ3n) is 5.12. The second-order valence-electron chi connectivity index (χ2n) is 7.07. The van der Waals surface area contributed by atoms with Crippen LogP contribution in [-0.2, 0) is 6.42 Å². The second-order valence-corrected chi connectivity index (χ2v) is 7.48. The molecule has 2 aromatic rings. The van der Waals surface area contributed by atoms with Crippen LogP contribution in [0, 0.1) is 0 Å². The van der Waals surface area contributed by atoms with E-state index in [1.165, 1.54) is 44.3 Å². The average molecular weight is 373 g/mol. The van der Waals surface area contributed by atoms with Crippen molar-refractivity contribution in [3.63, 3.8) is 0 Å². The largest absolute Gasteiger partial charge is 0.463 e. The van der Waals surface area contributed by atoms with Crippen LogP contribution in [0.4, 0.5) is 5.69 Å². The summed E-state index contributed by atoms with van der Waals surface area (Å²) >= 11 is 5.50. The molecule has 0 radical (unpaired) electrons. The number of hydrogen-bond donors (Lipinski definition) is 3. The summed E-state index contributed by atoms with van der Waals surface area (Å²) in [5.74, 6) is 1.04. The molecule has 1 saturated heterocycles. The fourth-order valence-electron chi connectivity index (χ4n) is 3.62. The molecule has 1 aromatic carbocycles. The molecule has 26 heavy (non-hydrogen) atoms. The summed E-state index contributed by atoms with van der Waals surface area (Å²) in [6.07, 6.45) is 7.94. The molecule has 4 nitrogen and oxygen atoms in total. The van der Waals surface area contributed by atoms with E-state index in [0.717, 1.165) is 24.4 Å². The van der Waals surface area contributed by atoms with Crippen LogP contribution >= 0.6 is 12.2 Å². The minimum atomic E-state index is 0.309.